The predicted molar refractivity (Wildman–Crippen MR) is 305 cm³/mol. The molecule has 0 bridgehead atoms. The molecular formula is C52H43Cl3F2N10O14S2. The Labute approximate surface area is 485 Å². The van der Waals surface area contributed by atoms with Gasteiger partial charge in [0.1, 0.15) is 33.0 Å². The van der Waals surface area contributed by atoms with Crippen LogP contribution in [0.1, 0.15) is 0 Å². The van der Waals surface area contributed by atoms with Crippen molar-refractivity contribution >= 4 is 106 Å². The van der Waals surface area contributed by atoms with Crippen molar-refractivity contribution in [3.63, 3.8) is 0 Å². The third kappa shape index (κ3) is 16.0. The third-order valence-corrected chi connectivity index (χ3v) is 13.4. The van der Waals surface area contributed by atoms with E-state index in [-0.39, 0.29) is 48.9 Å². The number of nitrogens with two attached hydrogens (primary N) is 1. The summed E-state index contributed by atoms with van der Waals surface area (Å²) >= 11 is 18.3. The number of nitro benzene ring substituents is 2. The summed E-state index contributed by atoms with van der Waals surface area (Å²) in [5.74, 6) is 0.665. The summed E-state index contributed by atoms with van der Waals surface area (Å²) < 4.78 is 109. The maximum atomic E-state index is 13.9. The highest BCUT2D eigenvalue weighted by atomic mass is 35.5. The molecule has 0 radical (unpaired) electrons. The molecule has 0 saturated carbocycles. The van der Waals surface area contributed by atoms with E-state index in [1.54, 1.807) is 61.4 Å². The normalized spacial score (nSPS) is 10.8. The van der Waals surface area contributed by atoms with E-state index in [9.17, 15) is 45.8 Å². The number of anilines is 3. The van der Waals surface area contributed by atoms with Gasteiger partial charge in [-0.15, -0.1) is 0 Å². The molecule has 0 fully saturated rings. The topological polar surface area (TPSA) is 331 Å². The lowest BCUT2D eigenvalue weighted by atomic mass is 10.2. The van der Waals surface area contributed by atoms with Crippen molar-refractivity contribution in [1.29, 1.82) is 0 Å². The number of aromatic nitrogens is 6. The first-order valence-corrected chi connectivity index (χ1v) is 27.0. The first-order valence-electron chi connectivity index (χ1n) is 23.0. The van der Waals surface area contributed by atoms with E-state index in [2.05, 4.69) is 30.0 Å². The fourth-order valence-corrected chi connectivity index (χ4v) is 8.72. The highest BCUT2D eigenvalue weighted by molar-refractivity contribution is 7.86. The van der Waals surface area contributed by atoms with Crippen LogP contribution in [0.5, 0.6) is 23.0 Å². The molecule has 0 aliphatic rings. The summed E-state index contributed by atoms with van der Waals surface area (Å²) in [6.07, 6.45) is 6.53. The summed E-state index contributed by atoms with van der Waals surface area (Å²) in [7, 11) is -2.16. The zero-order valence-corrected chi connectivity index (χ0v) is 47.1. The number of benzene rings is 6. The quantitative estimate of drug-likeness (QED) is 0.0290. The minimum Gasteiger partial charge on any atom is -0.496 e. The van der Waals surface area contributed by atoms with Crippen molar-refractivity contribution in [3.05, 3.63) is 205 Å². The number of halogens is 5. The summed E-state index contributed by atoms with van der Waals surface area (Å²) in [5, 5.41) is 26.9. The van der Waals surface area contributed by atoms with Gasteiger partial charge in [0.05, 0.1) is 82.9 Å². The second-order valence-corrected chi connectivity index (χ2v) is 20.1. The SMILES string of the molecule is COc1cc(F)c([N+](=O)[O-])cc1N.COc1cc(F)c([N+](=O)[O-])cc1Nc1ncc(Cl)c(-n2ccc3c(OC)cccc32)n1.COc1cccc2c1ccn2-c1nc(Cl)ncc1Cl.O=S(=O)(O)c1ccccc1.O=S(=O)(O)c1ccccc1. The molecule has 0 unspecified atom stereocenters. The Morgan fingerprint density at radius 3 is 1.41 bits per heavy atom. The molecule has 0 atom stereocenters. The molecule has 0 spiro atoms. The zero-order chi connectivity index (χ0) is 60.8. The molecule has 0 saturated heterocycles. The van der Waals surface area contributed by atoms with Crippen LogP contribution in [0.25, 0.3) is 33.4 Å². The van der Waals surface area contributed by atoms with Crippen molar-refractivity contribution in [2.75, 3.05) is 39.5 Å². The molecule has 4 heterocycles. The number of nitrogen functional groups attached to an aromatic ring is 1. The predicted octanol–water partition coefficient (Wildman–Crippen LogP) is 11.8. The Balaban J connectivity index is 0.000000181. The van der Waals surface area contributed by atoms with E-state index in [0.717, 1.165) is 51.8 Å². The van der Waals surface area contributed by atoms with Crippen molar-refractivity contribution < 1.29 is 63.5 Å². The highest BCUT2D eigenvalue weighted by Crippen LogP contribution is 2.36. The van der Waals surface area contributed by atoms with Crippen LogP contribution in [0.15, 0.2) is 168 Å². The van der Waals surface area contributed by atoms with Gasteiger partial charge in [0.25, 0.3) is 20.2 Å². The van der Waals surface area contributed by atoms with Gasteiger partial charge in [-0.25, -0.2) is 9.97 Å². The highest BCUT2D eigenvalue weighted by Gasteiger charge is 2.21. The number of hydrogen-bond acceptors (Lipinski definition) is 18. The van der Waals surface area contributed by atoms with Crippen molar-refractivity contribution in [2.45, 2.75) is 9.79 Å². The number of hydrogen-bond donors (Lipinski definition) is 4. The Morgan fingerprint density at radius 1 is 0.566 bits per heavy atom. The molecule has 4 aromatic heterocycles. The van der Waals surface area contributed by atoms with Gasteiger partial charge in [-0.2, -0.15) is 35.6 Å². The number of fused-ring (bicyclic) bond motifs is 2. The molecular weight excluding hydrogens is 1200 g/mol. The van der Waals surface area contributed by atoms with Crippen LogP contribution in [0.4, 0.5) is 37.5 Å². The molecule has 0 aliphatic carbocycles. The van der Waals surface area contributed by atoms with Crippen molar-refractivity contribution in [3.8, 4) is 34.6 Å². The van der Waals surface area contributed by atoms with E-state index >= 15 is 0 Å². The van der Waals surface area contributed by atoms with E-state index < -0.39 is 53.1 Å². The molecule has 31 heteroatoms. The average Bonchev–Trinajstić information content (AvgIpc) is 4.10. The van der Waals surface area contributed by atoms with Crippen molar-refractivity contribution in [1.82, 2.24) is 29.1 Å². The molecule has 6 aromatic carbocycles. The van der Waals surface area contributed by atoms with Gasteiger partial charge >= 0.3 is 11.4 Å². The minimum absolute atomic E-state index is 0.0376. The van der Waals surface area contributed by atoms with Gasteiger partial charge in [-0.3, -0.25) is 38.5 Å². The lowest BCUT2D eigenvalue weighted by molar-refractivity contribution is -0.387. The van der Waals surface area contributed by atoms with Crippen LogP contribution < -0.4 is 30.0 Å². The van der Waals surface area contributed by atoms with E-state index in [1.807, 2.05) is 59.3 Å². The van der Waals surface area contributed by atoms with Gasteiger partial charge in [-0.1, -0.05) is 71.7 Å². The number of nitrogens with zero attached hydrogens (tertiary/aromatic N) is 8. The van der Waals surface area contributed by atoms with Gasteiger partial charge in [0.2, 0.25) is 22.9 Å². The Bertz CT molecular complexity index is 4130. The van der Waals surface area contributed by atoms with Crippen LogP contribution in [-0.4, -0.2) is 93.3 Å². The molecule has 83 heavy (non-hydrogen) atoms. The molecule has 10 rings (SSSR count). The first-order chi connectivity index (χ1) is 39.4. The molecule has 0 amide bonds. The van der Waals surface area contributed by atoms with E-state index in [0.29, 0.717) is 22.4 Å². The van der Waals surface area contributed by atoms with Crippen LogP contribution in [0, 0.1) is 31.9 Å². The van der Waals surface area contributed by atoms with E-state index in [4.69, 9.17) is 63.9 Å². The fourth-order valence-electron chi connectivity index (χ4n) is 7.23. The van der Waals surface area contributed by atoms with Crippen LogP contribution >= 0.6 is 34.8 Å². The van der Waals surface area contributed by atoms with Gasteiger partial charge < -0.3 is 30.0 Å². The number of nitro groups is 2. The standard InChI is InChI=1S/C20H15ClFN5O4.C13H9Cl2N3O.C7H7FN2O3.2C6H6O3S/c1-30-17-5-3-4-15-11(17)6-7-26(15)19-12(21)10-23-20(25-19)24-14-9-16(27(28)29)13(22)8-18(14)31-2;1-19-11-4-2-3-10-8(11)5-6-18(10)12-9(14)7-16-13(15)17-12;1-13-7-2-4(8)6(10(11)12)3-5(7)9;2*7-10(8,9)6-4-2-1-3-5-6/h3-10H,1-2H3,(H,23,24,25);2-7H,1H3;2-3H,9H2,1H3;2*1-5H,(H,7,8,9). The number of rotatable bonds is 12. The lowest BCUT2D eigenvalue weighted by Crippen LogP contribution is -2.05. The first kappa shape index (κ1) is 62.9. The zero-order valence-electron chi connectivity index (χ0n) is 43.2. The average molecular weight is 1240 g/mol. The Kier molecular flexibility index (Phi) is 21.2. The monoisotopic (exact) mass is 1240 g/mol. The van der Waals surface area contributed by atoms with Crippen LogP contribution in [0.3, 0.4) is 0 Å². The number of ether oxygens (including phenoxy) is 4. The second kappa shape index (κ2) is 27.9. The van der Waals surface area contributed by atoms with Crippen LogP contribution in [0.2, 0.25) is 15.3 Å². The van der Waals surface area contributed by atoms with Gasteiger partial charge in [-0.05, 0) is 72.3 Å². The largest absolute Gasteiger partial charge is 0.496 e. The molecule has 432 valence electrons. The Morgan fingerprint density at radius 2 is 0.988 bits per heavy atom. The van der Waals surface area contributed by atoms with Crippen LogP contribution in [-0.2, 0) is 20.2 Å². The van der Waals surface area contributed by atoms with Gasteiger partial charge in [0, 0.05) is 47.4 Å². The van der Waals surface area contributed by atoms with Gasteiger partial charge in [0.15, 0.2) is 11.6 Å². The van der Waals surface area contributed by atoms with Crippen molar-refractivity contribution in [2.24, 2.45) is 0 Å². The smallest absolute Gasteiger partial charge is 0.307 e. The number of methoxy groups -OCH3 is 4. The molecule has 24 nitrogen and oxygen atoms in total. The number of nitrogens with one attached hydrogen (secondary N) is 1. The fraction of sp³-hybridized carbons (Fsp3) is 0.0769. The lowest BCUT2D eigenvalue weighted by Gasteiger charge is -2.12. The Hall–Kier alpha value is -9.29. The molecule has 0 aliphatic heterocycles. The van der Waals surface area contributed by atoms with E-state index in [1.165, 1.54) is 50.9 Å². The summed E-state index contributed by atoms with van der Waals surface area (Å²) in [6.45, 7) is 0. The minimum atomic E-state index is -4.00. The maximum Gasteiger partial charge on any atom is 0.307 e. The second-order valence-electron chi connectivity index (χ2n) is 16.1. The maximum absolute atomic E-state index is 13.9. The summed E-state index contributed by atoms with van der Waals surface area (Å²) in [4.78, 5) is 36.1. The summed E-state index contributed by atoms with van der Waals surface area (Å²) in [6, 6.07) is 33.7. The summed E-state index contributed by atoms with van der Waals surface area (Å²) in [5.41, 5.74) is 5.89. The molecule has 10 aromatic rings. The third-order valence-electron chi connectivity index (χ3n) is 11.0. The molecule has 5 N–H and O–H groups in total.